The lowest BCUT2D eigenvalue weighted by Crippen LogP contribution is -2.58. The van der Waals surface area contributed by atoms with Crippen LogP contribution in [-0.2, 0) is 33.8 Å². The molecule has 6 nitrogen and oxygen atoms in total. The van der Waals surface area contributed by atoms with Crippen molar-refractivity contribution in [3.05, 3.63) is 108 Å². The summed E-state index contributed by atoms with van der Waals surface area (Å²) < 4.78 is 34.2. The number of benzene rings is 3. The van der Waals surface area contributed by atoms with Gasteiger partial charge in [0.15, 0.2) is 14.1 Å². The molecule has 0 amide bonds. The highest BCUT2D eigenvalue weighted by molar-refractivity contribution is 6.74. The van der Waals surface area contributed by atoms with Crippen LogP contribution in [0.3, 0.4) is 0 Å². The van der Waals surface area contributed by atoms with Crippen molar-refractivity contribution >= 4 is 14.1 Å². The highest BCUT2D eigenvalue weighted by Crippen LogP contribution is 2.46. The van der Waals surface area contributed by atoms with Crippen LogP contribution in [0.5, 0.6) is 0 Å². The van der Waals surface area contributed by atoms with Gasteiger partial charge in [0.25, 0.3) is 0 Å². The van der Waals surface area contributed by atoms with Crippen LogP contribution >= 0.6 is 0 Å². The van der Waals surface area contributed by atoms with Gasteiger partial charge >= 0.3 is 0 Å². The highest BCUT2D eigenvalue weighted by atomic mass is 28.4. The molecule has 47 heavy (non-hydrogen) atoms. The molecule has 2 heterocycles. The van der Waals surface area contributed by atoms with Crippen LogP contribution in [0.2, 0.25) is 18.1 Å². The molecule has 3 aromatic rings. The molecule has 2 aliphatic rings. The number of ketones is 1. The summed E-state index contributed by atoms with van der Waals surface area (Å²) in [7, 11) is -0.392. The number of methoxy groups -OCH3 is 1. The van der Waals surface area contributed by atoms with E-state index in [9.17, 15) is 4.79 Å². The summed E-state index contributed by atoms with van der Waals surface area (Å²) in [6.07, 6.45) is 2.61. The average Bonchev–Trinajstić information content (AvgIpc) is 3.05. The smallest absolute Gasteiger partial charge is 0.192 e. The molecule has 254 valence electrons. The molecule has 2 aliphatic heterocycles. The second-order valence-corrected chi connectivity index (χ2v) is 19.6. The zero-order chi connectivity index (χ0) is 33.7. The van der Waals surface area contributed by atoms with Crippen molar-refractivity contribution in [3.63, 3.8) is 0 Å². The zero-order valence-electron chi connectivity index (χ0n) is 29.4. The van der Waals surface area contributed by atoms with Gasteiger partial charge in [-0.3, -0.25) is 4.79 Å². The van der Waals surface area contributed by atoms with Crippen LogP contribution in [0.1, 0.15) is 82.9 Å². The Hall–Kier alpha value is -2.65. The van der Waals surface area contributed by atoms with Gasteiger partial charge in [-0.05, 0) is 34.8 Å². The minimum absolute atomic E-state index is 0.0477. The van der Waals surface area contributed by atoms with Gasteiger partial charge in [0, 0.05) is 45.6 Å². The van der Waals surface area contributed by atoms with Crippen molar-refractivity contribution in [2.75, 3.05) is 13.7 Å². The Morgan fingerprint density at radius 3 is 1.72 bits per heavy atom. The van der Waals surface area contributed by atoms with Gasteiger partial charge in [0.2, 0.25) is 0 Å². The lowest BCUT2D eigenvalue weighted by Gasteiger charge is -2.52. The van der Waals surface area contributed by atoms with E-state index in [1.54, 1.807) is 7.11 Å². The normalized spacial score (nSPS) is 25.5. The number of Topliss-reactive ketones (excluding diaryl/α,β-unsaturated/α-hetero) is 1. The maximum atomic E-state index is 12.6. The fourth-order valence-electron chi connectivity index (χ4n) is 6.93. The Morgan fingerprint density at radius 1 is 0.787 bits per heavy atom. The topological polar surface area (TPSA) is 63.2 Å². The molecule has 2 fully saturated rings. The van der Waals surface area contributed by atoms with Crippen molar-refractivity contribution in [1.82, 2.24) is 0 Å². The van der Waals surface area contributed by atoms with Gasteiger partial charge in [-0.2, -0.15) is 0 Å². The Bertz CT molecular complexity index is 1330. The van der Waals surface area contributed by atoms with Crippen LogP contribution in [-0.4, -0.2) is 58.0 Å². The first-order valence-corrected chi connectivity index (χ1v) is 20.2. The van der Waals surface area contributed by atoms with Gasteiger partial charge in [0.1, 0.15) is 11.4 Å². The first-order chi connectivity index (χ1) is 22.4. The summed E-state index contributed by atoms with van der Waals surface area (Å²) in [6, 6.07) is 31.3. The summed E-state index contributed by atoms with van der Waals surface area (Å²) in [6.45, 7) is 13.6. The van der Waals surface area contributed by atoms with Crippen LogP contribution in [0.25, 0.3) is 0 Å². The molecule has 2 saturated heterocycles. The fraction of sp³-hybridized carbons (Fsp3) is 0.525. The van der Waals surface area contributed by atoms with E-state index in [4.69, 9.17) is 23.4 Å². The molecule has 7 heteroatoms. The van der Waals surface area contributed by atoms with Gasteiger partial charge in [0.05, 0.1) is 31.0 Å². The third-order valence-electron chi connectivity index (χ3n) is 10.4. The molecule has 5 atom stereocenters. The number of carbonyl (C=O) groups excluding carboxylic acids is 1. The first kappa shape index (κ1) is 35.6. The third-order valence-corrected chi connectivity index (χ3v) is 14.9. The quantitative estimate of drug-likeness (QED) is 0.143. The summed E-state index contributed by atoms with van der Waals surface area (Å²) in [5.74, 6) is -0.753. The molecule has 0 aromatic heterocycles. The van der Waals surface area contributed by atoms with Gasteiger partial charge in [-0.1, -0.05) is 119 Å². The summed E-state index contributed by atoms with van der Waals surface area (Å²) >= 11 is 0. The van der Waals surface area contributed by atoms with E-state index in [1.165, 1.54) is 0 Å². The molecule has 3 aromatic carbocycles. The maximum absolute atomic E-state index is 12.6. The van der Waals surface area contributed by atoms with E-state index in [0.29, 0.717) is 45.1 Å². The Labute approximate surface area is 283 Å². The Morgan fingerprint density at radius 2 is 1.26 bits per heavy atom. The minimum Gasteiger partial charge on any atom is -0.414 e. The third kappa shape index (κ3) is 8.15. The van der Waals surface area contributed by atoms with Crippen LogP contribution < -0.4 is 0 Å². The summed E-state index contributed by atoms with van der Waals surface area (Å²) in [5, 5.41) is 0.0477. The highest BCUT2D eigenvalue weighted by Gasteiger charge is 2.52. The maximum Gasteiger partial charge on any atom is 0.192 e. The fourth-order valence-corrected chi connectivity index (χ4v) is 8.30. The molecule has 0 bridgehead atoms. The van der Waals surface area contributed by atoms with E-state index in [1.807, 2.05) is 25.1 Å². The van der Waals surface area contributed by atoms with E-state index in [2.05, 4.69) is 107 Å². The van der Waals surface area contributed by atoms with E-state index in [-0.39, 0.29) is 35.2 Å². The molecule has 0 aliphatic carbocycles. The molecule has 1 spiro atoms. The second-order valence-electron chi connectivity index (χ2n) is 14.8. The molecular formula is C40H54O6Si. The van der Waals surface area contributed by atoms with Gasteiger partial charge < -0.3 is 23.4 Å². The predicted octanol–water partition coefficient (Wildman–Crippen LogP) is 8.82. The number of carbonyl (C=O) groups is 1. The van der Waals surface area contributed by atoms with Crippen molar-refractivity contribution in [2.45, 2.75) is 120 Å². The van der Waals surface area contributed by atoms with Crippen molar-refractivity contribution in [1.29, 1.82) is 0 Å². The molecule has 0 radical (unpaired) electrons. The largest absolute Gasteiger partial charge is 0.414 e. The van der Waals surface area contributed by atoms with Gasteiger partial charge in [-0.15, -0.1) is 0 Å². The minimum atomic E-state index is -2.13. The van der Waals surface area contributed by atoms with E-state index < -0.39 is 19.7 Å². The van der Waals surface area contributed by atoms with Crippen molar-refractivity contribution in [2.24, 2.45) is 0 Å². The van der Waals surface area contributed by atoms with Crippen LogP contribution in [0, 0.1) is 0 Å². The number of rotatable bonds is 12. The first-order valence-electron chi connectivity index (χ1n) is 17.3. The Kier molecular flexibility index (Phi) is 11.3. The van der Waals surface area contributed by atoms with E-state index in [0.717, 1.165) is 16.7 Å². The molecule has 0 saturated carbocycles. The molecular weight excluding hydrogens is 605 g/mol. The van der Waals surface area contributed by atoms with Crippen molar-refractivity contribution < 1.29 is 28.2 Å². The summed E-state index contributed by atoms with van der Waals surface area (Å²) in [5.41, 5.74) is 2.27. The average molecular weight is 659 g/mol. The number of hydrogen-bond acceptors (Lipinski definition) is 6. The zero-order valence-corrected chi connectivity index (χ0v) is 30.4. The molecule has 0 unspecified atom stereocenters. The molecule has 0 N–H and O–H groups in total. The SMILES string of the molecule is CCC(=O)C[C@@H]1C[C@H](OC)C[C@]2(C[C@@H](O[Si](C)(C)C(C)(C)C)C[C@H](COC(c3ccccc3)(c3ccccc3)c3ccccc3)O2)O1. The van der Waals surface area contributed by atoms with Gasteiger partial charge in [-0.25, -0.2) is 0 Å². The second kappa shape index (κ2) is 14.9. The lowest BCUT2D eigenvalue weighted by atomic mass is 9.80. The number of ether oxygens (including phenoxy) is 4. The van der Waals surface area contributed by atoms with Crippen LogP contribution in [0.4, 0.5) is 0 Å². The standard InChI is InChI=1S/C40H54O6Si/c1-8-33(41)24-34-25-35(42-5)27-39(44-34)28-36(46-47(6,7)38(2,3)4)26-37(45-39)29-43-40(30-18-12-9-13-19-30,31-20-14-10-15-21-31)32-22-16-11-17-23-32/h9-23,34-37H,8,24-29H2,1-7H3/t34-,35+,36+,37-,39+/m1/s1. The Balaban J connectivity index is 1.53. The molecule has 5 rings (SSSR count). The lowest BCUT2D eigenvalue weighted by molar-refractivity contribution is -0.343. The monoisotopic (exact) mass is 658 g/mol. The van der Waals surface area contributed by atoms with Crippen LogP contribution in [0.15, 0.2) is 91.0 Å². The van der Waals surface area contributed by atoms with E-state index >= 15 is 0 Å². The number of hydrogen-bond donors (Lipinski definition) is 0. The summed E-state index contributed by atoms with van der Waals surface area (Å²) in [4.78, 5) is 12.6. The predicted molar refractivity (Wildman–Crippen MR) is 189 cm³/mol. The van der Waals surface area contributed by atoms with Crippen molar-refractivity contribution in [3.8, 4) is 0 Å².